The number of nitrogens with one attached hydrogen (secondary N) is 1. The Hall–Kier alpha value is -2.83. The molecule has 0 bridgehead atoms. The third-order valence-electron chi connectivity index (χ3n) is 5.06. The molecule has 0 aliphatic rings. The predicted molar refractivity (Wildman–Crippen MR) is 119 cm³/mol. The number of hydrogen-bond donors (Lipinski definition) is 1. The van der Waals surface area contributed by atoms with Crippen LogP contribution in [0.4, 0.5) is 0 Å². The fraction of sp³-hybridized carbons (Fsp3) is 0.250. The first-order valence-electron chi connectivity index (χ1n) is 9.83. The molecule has 1 unspecified atom stereocenters. The summed E-state index contributed by atoms with van der Waals surface area (Å²) in [6, 6.07) is 21.6. The monoisotopic (exact) mass is 425 g/mol. The number of hydrogen-bond acceptors (Lipinski definition) is 4. The van der Waals surface area contributed by atoms with E-state index in [1.807, 2.05) is 67.6 Å². The van der Waals surface area contributed by atoms with Gasteiger partial charge < -0.3 is 9.47 Å². The molecule has 30 heavy (non-hydrogen) atoms. The van der Waals surface area contributed by atoms with Crippen molar-refractivity contribution in [3.8, 4) is 11.5 Å². The molecular formula is C24H27NO4S. The molecule has 0 aliphatic heterocycles. The van der Waals surface area contributed by atoms with Crippen molar-refractivity contribution >= 4 is 10.0 Å². The number of rotatable bonds is 9. The number of sulfonamides is 1. The molecule has 0 aliphatic carbocycles. The van der Waals surface area contributed by atoms with Gasteiger partial charge in [-0.3, -0.25) is 0 Å². The number of methoxy groups -OCH3 is 2. The summed E-state index contributed by atoms with van der Waals surface area (Å²) in [6.07, 6.45) is 1.36. The Labute approximate surface area is 178 Å². The molecule has 3 aromatic rings. The van der Waals surface area contributed by atoms with Gasteiger partial charge in [-0.1, -0.05) is 43.3 Å². The summed E-state index contributed by atoms with van der Waals surface area (Å²) in [5, 5.41) is 0. The van der Waals surface area contributed by atoms with Crippen molar-refractivity contribution in [2.75, 3.05) is 14.2 Å². The molecule has 3 aromatic carbocycles. The Balaban J connectivity index is 1.90. The Kier molecular flexibility index (Phi) is 7.13. The molecule has 0 aromatic heterocycles. The second-order valence-corrected chi connectivity index (χ2v) is 8.71. The SMILES string of the molecule is CCc1ccc(S(=O)(=O)NC(Cc2ccc(OC)cc2)c2ccc(OC)cc2)cc1. The molecule has 0 spiro atoms. The highest BCUT2D eigenvalue weighted by Gasteiger charge is 2.22. The molecular weight excluding hydrogens is 398 g/mol. The maximum atomic E-state index is 13.1. The van der Waals surface area contributed by atoms with E-state index in [2.05, 4.69) is 4.72 Å². The van der Waals surface area contributed by atoms with Gasteiger partial charge in [0.05, 0.1) is 25.2 Å². The lowest BCUT2D eigenvalue weighted by atomic mass is 9.99. The fourth-order valence-corrected chi connectivity index (χ4v) is 4.45. The average Bonchev–Trinajstić information content (AvgIpc) is 2.79. The highest BCUT2D eigenvalue weighted by atomic mass is 32.2. The van der Waals surface area contributed by atoms with E-state index in [1.54, 1.807) is 26.4 Å². The summed E-state index contributed by atoms with van der Waals surface area (Å²) in [7, 11) is -0.465. The van der Waals surface area contributed by atoms with Gasteiger partial charge >= 0.3 is 0 Å². The molecule has 1 atom stereocenters. The van der Waals surface area contributed by atoms with Crippen molar-refractivity contribution in [2.24, 2.45) is 0 Å². The molecule has 0 saturated heterocycles. The standard InChI is InChI=1S/C24H27NO4S/c1-4-18-7-15-23(16-8-18)30(26,27)25-24(20-9-13-22(29-3)14-10-20)17-19-5-11-21(28-2)12-6-19/h5-16,24-25H,4,17H2,1-3H3. The van der Waals surface area contributed by atoms with E-state index in [1.165, 1.54) is 0 Å². The summed E-state index contributed by atoms with van der Waals surface area (Å²) < 4.78 is 39.5. The number of aryl methyl sites for hydroxylation is 1. The van der Waals surface area contributed by atoms with Crippen molar-refractivity contribution in [3.63, 3.8) is 0 Å². The van der Waals surface area contributed by atoms with Crippen LogP contribution in [0.2, 0.25) is 0 Å². The zero-order valence-electron chi connectivity index (χ0n) is 17.5. The first-order chi connectivity index (χ1) is 14.4. The summed E-state index contributed by atoms with van der Waals surface area (Å²) in [5.74, 6) is 1.48. The van der Waals surface area contributed by atoms with Gasteiger partial charge in [-0.15, -0.1) is 0 Å². The van der Waals surface area contributed by atoms with Crippen LogP contribution in [-0.4, -0.2) is 22.6 Å². The molecule has 0 saturated carbocycles. The minimum Gasteiger partial charge on any atom is -0.497 e. The van der Waals surface area contributed by atoms with Gasteiger partial charge in [0.25, 0.3) is 0 Å². The molecule has 158 valence electrons. The van der Waals surface area contributed by atoms with Gasteiger partial charge in [-0.05, 0) is 65.9 Å². The smallest absolute Gasteiger partial charge is 0.241 e. The summed E-state index contributed by atoms with van der Waals surface area (Å²) in [5.41, 5.74) is 2.96. The molecule has 5 nitrogen and oxygen atoms in total. The lowest BCUT2D eigenvalue weighted by Crippen LogP contribution is -2.30. The van der Waals surface area contributed by atoms with E-state index in [0.29, 0.717) is 6.42 Å². The largest absolute Gasteiger partial charge is 0.497 e. The maximum Gasteiger partial charge on any atom is 0.241 e. The van der Waals surface area contributed by atoms with E-state index in [4.69, 9.17) is 9.47 Å². The van der Waals surface area contributed by atoms with Crippen LogP contribution in [0, 0.1) is 0 Å². The first kappa shape index (κ1) is 21.9. The van der Waals surface area contributed by atoms with Crippen LogP contribution in [0.25, 0.3) is 0 Å². The van der Waals surface area contributed by atoms with Crippen molar-refractivity contribution in [1.82, 2.24) is 4.72 Å². The quantitative estimate of drug-likeness (QED) is 0.547. The normalized spacial score (nSPS) is 12.4. The van der Waals surface area contributed by atoms with E-state index in [-0.39, 0.29) is 4.90 Å². The lowest BCUT2D eigenvalue weighted by molar-refractivity contribution is 0.414. The number of benzene rings is 3. The Morgan fingerprint density at radius 1 is 0.767 bits per heavy atom. The Morgan fingerprint density at radius 2 is 1.27 bits per heavy atom. The van der Waals surface area contributed by atoms with Crippen LogP contribution in [0.1, 0.15) is 29.7 Å². The van der Waals surface area contributed by atoms with Crippen molar-refractivity contribution in [3.05, 3.63) is 89.5 Å². The Morgan fingerprint density at radius 3 is 1.77 bits per heavy atom. The molecule has 1 N–H and O–H groups in total. The molecule has 3 rings (SSSR count). The summed E-state index contributed by atoms with van der Waals surface area (Å²) >= 11 is 0. The molecule has 0 amide bonds. The fourth-order valence-electron chi connectivity index (χ4n) is 3.22. The second-order valence-electron chi connectivity index (χ2n) is 7.00. The van der Waals surface area contributed by atoms with Crippen molar-refractivity contribution in [1.29, 1.82) is 0 Å². The van der Waals surface area contributed by atoms with Crippen LogP contribution in [0.3, 0.4) is 0 Å². The van der Waals surface area contributed by atoms with E-state index < -0.39 is 16.1 Å². The van der Waals surface area contributed by atoms with Gasteiger partial charge in [-0.25, -0.2) is 13.1 Å². The van der Waals surface area contributed by atoms with Crippen LogP contribution in [0.15, 0.2) is 77.7 Å². The predicted octanol–water partition coefficient (Wildman–Crippen LogP) is 4.53. The third kappa shape index (κ3) is 5.40. The minimum atomic E-state index is -3.69. The highest BCUT2D eigenvalue weighted by molar-refractivity contribution is 7.89. The van der Waals surface area contributed by atoms with Gasteiger partial charge in [0.2, 0.25) is 10.0 Å². The topological polar surface area (TPSA) is 64.6 Å². The highest BCUT2D eigenvalue weighted by Crippen LogP contribution is 2.25. The third-order valence-corrected chi connectivity index (χ3v) is 6.54. The lowest BCUT2D eigenvalue weighted by Gasteiger charge is -2.20. The van der Waals surface area contributed by atoms with Crippen LogP contribution in [0.5, 0.6) is 11.5 Å². The van der Waals surface area contributed by atoms with Gasteiger partial charge in [0.1, 0.15) is 11.5 Å². The van der Waals surface area contributed by atoms with Gasteiger partial charge in [0.15, 0.2) is 0 Å². The van der Waals surface area contributed by atoms with E-state index >= 15 is 0 Å². The number of ether oxygens (including phenoxy) is 2. The minimum absolute atomic E-state index is 0.257. The van der Waals surface area contributed by atoms with Gasteiger partial charge in [-0.2, -0.15) is 0 Å². The zero-order valence-corrected chi connectivity index (χ0v) is 18.3. The van der Waals surface area contributed by atoms with Gasteiger partial charge in [0, 0.05) is 0 Å². The van der Waals surface area contributed by atoms with E-state index in [9.17, 15) is 8.42 Å². The Bertz CT molecular complexity index is 1040. The second kappa shape index (κ2) is 9.78. The molecule has 0 heterocycles. The van der Waals surface area contributed by atoms with Crippen LogP contribution in [-0.2, 0) is 22.9 Å². The summed E-state index contributed by atoms with van der Waals surface area (Å²) in [6.45, 7) is 2.04. The first-order valence-corrected chi connectivity index (χ1v) is 11.3. The average molecular weight is 426 g/mol. The zero-order chi connectivity index (χ0) is 21.6. The van der Waals surface area contributed by atoms with E-state index in [0.717, 1.165) is 34.6 Å². The molecule has 0 fully saturated rings. The molecule has 0 radical (unpaired) electrons. The molecule has 6 heteroatoms. The summed E-state index contributed by atoms with van der Waals surface area (Å²) in [4.78, 5) is 0.257. The van der Waals surface area contributed by atoms with Crippen LogP contribution >= 0.6 is 0 Å². The van der Waals surface area contributed by atoms with Crippen molar-refractivity contribution < 1.29 is 17.9 Å². The van der Waals surface area contributed by atoms with Crippen LogP contribution < -0.4 is 14.2 Å². The maximum absolute atomic E-state index is 13.1. The van der Waals surface area contributed by atoms with Crippen molar-refractivity contribution in [2.45, 2.75) is 30.7 Å².